The van der Waals surface area contributed by atoms with Gasteiger partial charge in [-0.1, -0.05) is 36.4 Å². The van der Waals surface area contributed by atoms with E-state index in [2.05, 4.69) is 5.32 Å². The lowest BCUT2D eigenvalue weighted by Crippen LogP contribution is -2.29. The first-order chi connectivity index (χ1) is 8.31. The second kappa shape index (κ2) is 5.66. The van der Waals surface area contributed by atoms with E-state index in [1.807, 2.05) is 42.5 Å². The van der Waals surface area contributed by atoms with E-state index in [9.17, 15) is 5.11 Å². The Bertz CT molecular complexity index is 479. The molecule has 0 aliphatic heterocycles. The Labute approximate surface area is 101 Å². The molecule has 0 bridgehead atoms. The molecule has 3 nitrogen and oxygen atoms in total. The first-order valence-corrected chi connectivity index (χ1v) is 5.74. The molecule has 0 spiro atoms. The molecule has 0 radical (unpaired) electrons. The van der Waals surface area contributed by atoms with Gasteiger partial charge in [-0.2, -0.15) is 0 Å². The highest BCUT2D eigenvalue weighted by Gasteiger charge is 2.05. The highest BCUT2D eigenvalue weighted by Crippen LogP contribution is 2.25. The third-order valence-corrected chi connectivity index (χ3v) is 2.62. The number of nitrogens with one attached hydrogen (secondary N) is 1. The van der Waals surface area contributed by atoms with Crippen molar-refractivity contribution >= 4 is 10.8 Å². The first-order valence-electron chi connectivity index (χ1n) is 5.74. The summed E-state index contributed by atoms with van der Waals surface area (Å²) in [6.07, 6.45) is -0.487. The van der Waals surface area contributed by atoms with Crippen LogP contribution in [0.2, 0.25) is 0 Å². The van der Waals surface area contributed by atoms with Crippen molar-refractivity contribution in [2.75, 3.05) is 20.2 Å². The Balaban J connectivity index is 2.13. The second-order valence-electron chi connectivity index (χ2n) is 4.00. The second-order valence-corrected chi connectivity index (χ2v) is 4.00. The molecule has 0 aliphatic rings. The molecule has 0 aliphatic carbocycles. The number of hydrogen-bond donors (Lipinski definition) is 2. The lowest BCUT2D eigenvalue weighted by Gasteiger charge is -2.13. The summed E-state index contributed by atoms with van der Waals surface area (Å²) < 4.78 is 5.64. The average Bonchev–Trinajstić information content (AvgIpc) is 2.36. The van der Waals surface area contributed by atoms with Gasteiger partial charge in [-0.25, -0.2) is 0 Å². The zero-order valence-electron chi connectivity index (χ0n) is 9.89. The van der Waals surface area contributed by atoms with Crippen molar-refractivity contribution in [3.05, 3.63) is 42.5 Å². The van der Waals surface area contributed by atoms with Crippen molar-refractivity contribution in [1.29, 1.82) is 0 Å². The SMILES string of the molecule is CNC[C@@H](O)COc1cccc2ccccc12. The van der Waals surface area contributed by atoms with Gasteiger partial charge in [0, 0.05) is 11.9 Å². The molecule has 2 aromatic rings. The van der Waals surface area contributed by atoms with Crippen LogP contribution in [-0.4, -0.2) is 31.4 Å². The fourth-order valence-corrected chi connectivity index (χ4v) is 1.80. The Morgan fingerprint density at radius 3 is 2.76 bits per heavy atom. The maximum Gasteiger partial charge on any atom is 0.127 e. The van der Waals surface area contributed by atoms with Gasteiger partial charge in [-0.05, 0) is 18.5 Å². The van der Waals surface area contributed by atoms with Crippen molar-refractivity contribution in [2.45, 2.75) is 6.10 Å². The highest BCUT2D eigenvalue weighted by molar-refractivity contribution is 5.88. The molecule has 0 saturated heterocycles. The number of fused-ring (bicyclic) bond motifs is 1. The standard InChI is InChI=1S/C14H17NO2/c1-15-9-12(16)10-17-14-8-4-6-11-5-2-3-7-13(11)14/h2-8,12,15-16H,9-10H2,1H3/t12-/m1/s1. The number of ether oxygens (including phenoxy) is 1. The smallest absolute Gasteiger partial charge is 0.127 e. The van der Waals surface area contributed by atoms with E-state index >= 15 is 0 Å². The molecular weight excluding hydrogens is 214 g/mol. The van der Waals surface area contributed by atoms with Crippen molar-refractivity contribution in [2.24, 2.45) is 0 Å². The van der Waals surface area contributed by atoms with Gasteiger partial charge in [0.1, 0.15) is 18.5 Å². The quantitative estimate of drug-likeness (QED) is 0.824. The highest BCUT2D eigenvalue weighted by atomic mass is 16.5. The predicted molar refractivity (Wildman–Crippen MR) is 69.4 cm³/mol. The molecular formula is C14H17NO2. The third kappa shape index (κ3) is 2.96. The Hall–Kier alpha value is -1.58. The number of aliphatic hydroxyl groups excluding tert-OH is 1. The topological polar surface area (TPSA) is 41.5 Å². The summed E-state index contributed by atoms with van der Waals surface area (Å²) in [6.45, 7) is 0.833. The minimum Gasteiger partial charge on any atom is -0.490 e. The van der Waals surface area contributed by atoms with Gasteiger partial charge in [0.15, 0.2) is 0 Å². The van der Waals surface area contributed by atoms with Crippen LogP contribution in [0.4, 0.5) is 0 Å². The monoisotopic (exact) mass is 231 g/mol. The molecule has 0 fully saturated rings. The largest absolute Gasteiger partial charge is 0.490 e. The van der Waals surface area contributed by atoms with Crippen LogP contribution in [0.3, 0.4) is 0 Å². The summed E-state index contributed by atoms with van der Waals surface area (Å²) in [5, 5.41) is 14.7. The molecule has 0 unspecified atom stereocenters. The Kier molecular flexibility index (Phi) is 3.96. The number of aliphatic hydroxyl groups is 1. The molecule has 1 atom stereocenters. The summed E-state index contributed by atoms with van der Waals surface area (Å²) in [6, 6.07) is 14.0. The van der Waals surface area contributed by atoms with E-state index in [1.165, 1.54) is 0 Å². The van der Waals surface area contributed by atoms with Crippen LogP contribution >= 0.6 is 0 Å². The summed E-state index contributed by atoms with van der Waals surface area (Å²) in [5.41, 5.74) is 0. The van der Waals surface area contributed by atoms with Gasteiger partial charge < -0.3 is 15.2 Å². The molecule has 3 heteroatoms. The van der Waals surface area contributed by atoms with Crippen molar-refractivity contribution in [1.82, 2.24) is 5.32 Å². The van der Waals surface area contributed by atoms with E-state index in [-0.39, 0.29) is 0 Å². The van der Waals surface area contributed by atoms with Gasteiger partial charge in [-0.3, -0.25) is 0 Å². The van der Waals surface area contributed by atoms with Gasteiger partial charge in [0.2, 0.25) is 0 Å². The Morgan fingerprint density at radius 2 is 1.94 bits per heavy atom. The zero-order valence-corrected chi connectivity index (χ0v) is 9.89. The van der Waals surface area contributed by atoms with E-state index in [1.54, 1.807) is 7.05 Å². The molecule has 90 valence electrons. The van der Waals surface area contributed by atoms with Gasteiger partial charge in [0.25, 0.3) is 0 Å². The van der Waals surface area contributed by atoms with E-state index in [4.69, 9.17) is 4.74 Å². The summed E-state index contributed by atoms with van der Waals surface area (Å²) in [5.74, 6) is 0.818. The Morgan fingerprint density at radius 1 is 1.18 bits per heavy atom. The fraction of sp³-hybridized carbons (Fsp3) is 0.286. The minimum atomic E-state index is -0.487. The van der Waals surface area contributed by atoms with Crippen LogP contribution in [0.25, 0.3) is 10.8 Å². The van der Waals surface area contributed by atoms with Crippen molar-refractivity contribution < 1.29 is 9.84 Å². The van der Waals surface area contributed by atoms with Crippen molar-refractivity contribution in [3.8, 4) is 5.75 Å². The first kappa shape index (κ1) is 11.9. The molecule has 0 aromatic heterocycles. The number of hydrogen-bond acceptors (Lipinski definition) is 3. The van der Waals surface area contributed by atoms with Crippen LogP contribution in [-0.2, 0) is 0 Å². The van der Waals surface area contributed by atoms with Crippen molar-refractivity contribution in [3.63, 3.8) is 0 Å². The van der Waals surface area contributed by atoms with E-state index in [0.717, 1.165) is 16.5 Å². The lowest BCUT2D eigenvalue weighted by molar-refractivity contribution is 0.109. The molecule has 2 rings (SSSR count). The van der Waals surface area contributed by atoms with Gasteiger partial charge in [0.05, 0.1) is 0 Å². The van der Waals surface area contributed by atoms with Crippen LogP contribution in [0.5, 0.6) is 5.75 Å². The summed E-state index contributed by atoms with van der Waals surface area (Å²) in [7, 11) is 1.81. The number of likely N-dealkylation sites (N-methyl/N-ethyl adjacent to an activating group) is 1. The molecule has 0 amide bonds. The molecule has 17 heavy (non-hydrogen) atoms. The van der Waals surface area contributed by atoms with Gasteiger partial charge >= 0.3 is 0 Å². The zero-order chi connectivity index (χ0) is 12.1. The minimum absolute atomic E-state index is 0.300. The molecule has 2 aromatic carbocycles. The summed E-state index contributed by atoms with van der Waals surface area (Å²) >= 11 is 0. The average molecular weight is 231 g/mol. The summed E-state index contributed by atoms with van der Waals surface area (Å²) in [4.78, 5) is 0. The van der Waals surface area contributed by atoms with Crippen LogP contribution in [0.15, 0.2) is 42.5 Å². The van der Waals surface area contributed by atoms with E-state index < -0.39 is 6.10 Å². The molecule has 2 N–H and O–H groups in total. The lowest BCUT2D eigenvalue weighted by atomic mass is 10.1. The normalized spacial score (nSPS) is 12.6. The molecule has 0 saturated carbocycles. The van der Waals surface area contributed by atoms with Crippen LogP contribution in [0, 0.1) is 0 Å². The third-order valence-electron chi connectivity index (χ3n) is 2.62. The van der Waals surface area contributed by atoms with Crippen LogP contribution in [0.1, 0.15) is 0 Å². The predicted octanol–water partition coefficient (Wildman–Crippen LogP) is 1.80. The maximum absolute atomic E-state index is 9.60. The maximum atomic E-state index is 9.60. The van der Waals surface area contributed by atoms with E-state index in [0.29, 0.717) is 13.2 Å². The number of rotatable bonds is 5. The van der Waals surface area contributed by atoms with Crippen LogP contribution < -0.4 is 10.1 Å². The number of benzene rings is 2. The molecule has 0 heterocycles. The fourth-order valence-electron chi connectivity index (χ4n) is 1.80. The van der Waals surface area contributed by atoms with Gasteiger partial charge in [-0.15, -0.1) is 0 Å².